The molecule has 0 fully saturated rings. The molecule has 2 N–H and O–H groups in total. The van der Waals surface area contributed by atoms with Gasteiger partial charge in [0.1, 0.15) is 18.0 Å². The Hall–Kier alpha value is -3.03. The average molecular weight is 358 g/mol. The molecular weight excluding hydrogens is 336 g/mol. The maximum Gasteiger partial charge on any atom is 0.322 e. The van der Waals surface area contributed by atoms with E-state index < -0.39 is 0 Å². The van der Waals surface area contributed by atoms with Crippen molar-refractivity contribution >= 4 is 17.7 Å². The van der Waals surface area contributed by atoms with E-state index in [0.29, 0.717) is 37.6 Å². The minimum atomic E-state index is -0.312. The number of esters is 1. The van der Waals surface area contributed by atoms with Gasteiger partial charge in [-0.25, -0.2) is 9.78 Å². The summed E-state index contributed by atoms with van der Waals surface area (Å²) in [4.78, 5) is 33.3. The van der Waals surface area contributed by atoms with Crippen LogP contribution in [-0.2, 0) is 28.9 Å². The number of H-pyrrole nitrogens is 1. The zero-order chi connectivity index (χ0) is 18.5. The molecule has 0 bridgehead atoms. The van der Waals surface area contributed by atoms with Crippen molar-refractivity contribution in [2.24, 2.45) is 0 Å². The van der Waals surface area contributed by atoms with Crippen LogP contribution in [0.2, 0.25) is 0 Å². The minimum Gasteiger partial charge on any atom is -0.497 e. The molecule has 1 aromatic carbocycles. The van der Waals surface area contributed by atoms with Gasteiger partial charge in [0.15, 0.2) is 0 Å². The van der Waals surface area contributed by atoms with Crippen LogP contribution in [-0.4, -0.2) is 47.1 Å². The molecule has 0 unspecified atom stereocenters. The summed E-state index contributed by atoms with van der Waals surface area (Å²) in [5.41, 5.74) is 2.47. The number of aromatic nitrogens is 2. The number of urea groups is 1. The number of hydrogen-bond acceptors (Lipinski definition) is 5. The fourth-order valence-electron chi connectivity index (χ4n) is 2.84. The summed E-state index contributed by atoms with van der Waals surface area (Å²) in [6.45, 7) is 3.11. The van der Waals surface area contributed by atoms with E-state index >= 15 is 0 Å². The number of rotatable bonds is 5. The number of anilines is 1. The number of fused-ring (bicyclic) bond motifs is 1. The number of amides is 2. The van der Waals surface area contributed by atoms with Crippen molar-refractivity contribution in [1.29, 1.82) is 0 Å². The van der Waals surface area contributed by atoms with Gasteiger partial charge >= 0.3 is 12.0 Å². The Morgan fingerprint density at radius 2 is 2.08 bits per heavy atom. The molecule has 0 aliphatic carbocycles. The molecule has 0 atom stereocenters. The van der Waals surface area contributed by atoms with Crippen molar-refractivity contribution in [3.05, 3.63) is 41.5 Å². The van der Waals surface area contributed by atoms with Gasteiger partial charge in [0, 0.05) is 18.7 Å². The van der Waals surface area contributed by atoms with Crippen LogP contribution >= 0.6 is 0 Å². The number of hydrogen-bond donors (Lipinski definition) is 2. The lowest BCUT2D eigenvalue weighted by atomic mass is 10.1. The van der Waals surface area contributed by atoms with Crippen molar-refractivity contribution in [3.63, 3.8) is 0 Å². The van der Waals surface area contributed by atoms with Crippen LogP contribution in [0.15, 0.2) is 24.3 Å². The summed E-state index contributed by atoms with van der Waals surface area (Å²) >= 11 is 0. The van der Waals surface area contributed by atoms with E-state index in [4.69, 9.17) is 9.47 Å². The highest BCUT2D eigenvalue weighted by Gasteiger charge is 2.24. The molecule has 1 aliphatic rings. The summed E-state index contributed by atoms with van der Waals surface area (Å²) in [5.74, 6) is 0.996. The third kappa shape index (κ3) is 4.14. The quantitative estimate of drug-likeness (QED) is 0.798. The van der Waals surface area contributed by atoms with Crippen molar-refractivity contribution in [1.82, 2.24) is 14.9 Å². The monoisotopic (exact) mass is 358 g/mol. The zero-order valence-electron chi connectivity index (χ0n) is 14.9. The van der Waals surface area contributed by atoms with Crippen LogP contribution in [0.4, 0.5) is 10.5 Å². The lowest BCUT2D eigenvalue weighted by Crippen LogP contribution is -2.38. The molecule has 2 heterocycles. The van der Waals surface area contributed by atoms with Crippen molar-refractivity contribution in [2.75, 3.05) is 25.6 Å². The molecule has 0 spiro atoms. The predicted octanol–water partition coefficient (Wildman–Crippen LogP) is 2.11. The molecule has 2 aromatic rings. The Labute approximate surface area is 151 Å². The molecule has 1 aliphatic heterocycles. The average Bonchev–Trinajstić information content (AvgIpc) is 3.03. The van der Waals surface area contributed by atoms with E-state index in [2.05, 4.69) is 15.3 Å². The molecule has 1 aromatic heterocycles. The van der Waals surface area contributed by atoms with E-state index in [1.165, 1.54) is 0 Å². The van der Waals surface area contributed by atoms with Crippen LogP contribution in [0, 0.1) is 0 Å². The second-order valence-corrected chi connectivity index (χ2v) is 5.92. The molecule has 0 radical (unpaired) electrons. The summed E-state index contributed by atoms with van der Waals surface area (Å²) in [5, 5.41) is 2.87. The molecule has 8 heteroatoms. The van der Waals surface area contributed by atoms with Gasteiger partial charge in [0.2, 0.25) is 0 Å². The van der Waals surface area contributed by atoms with Crippen LogP contribution in [0.5, 0.6) is 5.75 Å². The third-order valence-electron chi connectivity index (χ3n) is 4.13. The maximum absolute atomic E-state index is 12.5. The Kier molecular flexibility index (Phi) is 5.40. The van der Waals surface area contributed by atoms with Gasteiger partial charge in [0.05, 0.1) is 31.6 Å². The van der Waals surface area contributed by atoms with Gasteiger partial charge in [-0.1, -0.05) is 0 Å². The van der Waals surface area contributed by atoms with Gasteiger partial charge in [-0.2, -0.15) is 0 Å². The van der Waals surface area contributed by atoms with Gasteiger partial charge < -0.3 is 24.7 Å². The molecule has 3 rings (SSSR count). The lowest BCUT2D eigenvalue weighted by molar-refractivity contribution is -0.142. The number of nitrogens with one attached hydrogen (secondary N) is 2. The summed E-state index contributed by atoms with van der Waals surface area (Å²) in [6, 6.07) is 6.99. The third-order valence-corrected chi connectivity index (χ3v) is 4.13. The fraction of sp³-hybridized carbons (Fsp3) is 0.389. The van der Waals surface area contributed by atoms with E-state index in [9.17, 15) is 9.59 Å². The van der Waals surface area contributed by atoms with E-state index in [-0.39, 0.29) is 18.4 Å². The van der Waals surface area contributed by atoms with E-state index in [1.54, 1.807) is 43.2 Å². The molecule has 26 heavy (non-hydrogen) atoms. The van der Waals surface area contributed by atoms with Gasteiger partial charge in [-0.05, 0) is 31.2 Å². The highest BCUT2D eigenvalue weighted by molar-refractivity contribution is 5.89. The Morgan fingerprint density at radius 3 is 2.77 bits per heavy atom. The highest BCUT2D eigenvalue weighted by Crippen LogP contribution is 2.19. The lowest BCUT2D eigenvalue weighted by Gasteiger charge is -2.26. The van der Waals surface area contributed by atoms with Gasteiger partial charge in [-0.3, -0.25) is 4.79 Å². The van der Waals surface area contributed by atoms with Crippen LogP contribution in [0.1, 0.15) is 24.1 Å². The molecule has 138 valence electrons. The van der Waals surface area contributed by atoms with Crippen LogP contribution in [0.25, 0.3) is 0 Å². The van der Waals surface area contributed by atoms with Crippen molar-refractivity contribution in [3.8, 4) is 5.75 Å². The molecule has 0 saturated heterocycles. The Balaban J connectivity index is 1.61. The Bertz CT molecular complexity index is 785. The number of carbonyl (C=O) groups is 2. The molecule has 8 nitrogen and oxygen atoms in total. The number of imidazole rings is 1. The number of aromatic amines is 1. The van der Waals surface area contributed by atoms with Gasteiger partial charge in [0.25, 0.3) is 0 Å². The smallest absolute Gasteiger partial charge is 0.322 e. The van der Waals surface area contributed by atoms with E-state index in [1.807, 2.05) is 0 Å². The number of ether oxygens (including phenoxy) is 2. The SMILES string of the molecule is CCOC(=O)Cc1nc2c([nH]1)CN(C(=O)Nc1ccc(OC)cc1)CC2. The highest BCUT2D eigenvalue weighted by atomic mass is 16.5. The number of benzene rings is 1. The van der Waals surface area contributed by atoms with Crippen molar-refractivity contribution < 1.29 is 19.1 Å². The second kappa shape index (κ2) is 7.90. The first-order chi connectivity index (χ1) is 12.6. The number of carbonyl (C=O) groups excluding carboxylic acids is 2. The number of nitrogens with zero attached hydrogens (tertiary/aromatic N) is 2. The van der Waals surface area contributed by atoms with E-state index in [0.717, 1.165) is 17.1 Å². The standard InChI is InChI=1S/C18H22N4O4/c1-3-26-17(23)10-16-20-14-8-9-22(11-15(14)21-16)18(24)19-12-4-6-13(25-2)7-5-12/h4-7H,3,8-11H2,1-2H3,(H,19,24)(H,20,21). The maximum atomic E-state index is 12.5. The second-order valence-electron chi connectivity index (χ2n) is 5.92. The fourth-order valence-corrected chi connectivity index (χ4v) is 2.84. The van der Waals surface area contributed by atoms with Crippen molar-refractivity contribution in [2.45, 2.75) is 26.3 Å². The molecule has 0 saturated carbocycles. The summed E-state index contributed by atoms with van der Waals surface area (Å²) in [7, 11) is 1.60. The predicted molar refractivity (Wildman–Crippen MR) is 95.1 cm³/mol. The molecular formula is C18H22N4O4. The number of methoxy groups -OCH3 is 1. The first kappa shape index (κ1) is 17.8. The first-order valence-electron chi connectivity index (χ1n) is 8.51. The van der Waals surface area contributed by atoms with Crippen LogP contribution < -0.4 is 10.1 Å². The minimum absolute atomic E-state index is 0.110. The normalized spacial score (nSPS) is 13.1. The van der Waals surface area contributed by atoms with Gasteiger partial charge in [-0.15, -0.1) is 0 Å². The summed E-state index contributed by atoms with van der Waals surface area (Å²) < 4.78 is 10.0. The first-order valence-corrected chi connectivity index (χ1v) is 8.51. The largest absolute Gasteiger partial charge is 0.497 e. The summed E-state index contributed by atoms with van der Waals surface area (Å²) in [6.07, 6.45) is 0.754. The zero-order valence-corrected chi connectivity index (χ0v) is 14.9. The molecule has 2 amide bonds. The van der Waals surface area contributed by atoms with Crippen LogP contribution in [0.3, 0.4) is 0 Å². The topological polar surface area (TPSA) is 96.5 Å². The Morgan fingerprint density at radius 1 is 1.31 bits per heavy atom.